The van der Waals surface area contributed by atoms with E-state index in [0.717, 1.165) is 0 Å². The Kier molecular flexibility index (Phi) is 5.46. The van der Waals surface area contributed by atoms with E-state index in [1.807, 2.05) is 0 Å². The van der Waals surface area contributed by atoms with Gasteiger partial charge in [-0.3, -0.25) is 0 Å². The Balaban J connectivity index is 1.06. The van der Waals surface area contributed by atoms with Crippen LogP contribution >= 0.6 is 0 Å². The van der Waals surface area contributed by atoms with Gasteiger partial charge in [0, 0.05) is 0 Å². The number of benzene rings is 4. The molecule has 0 saturated heterocycles. The van der Waals surface area contributed by atoms with E-state index in [1.54, 1.807) is 0 Å². The molecule has 2 spiro atoms. The molecule has 2 atom stereocenters. The third-order valence-electron chi connectivity index (χ3n) is 12.5. The van der Waals surface area contributed by atoms with Gasteiger partial charge < -0.3 is 0 Å². The van der Waals surface area contributed by atoms with Gasteiger partial charge in [-0.2, -0.15) is 0 Å². The highest BCUT2D eigenvalue weighted by Gasteiger charge is 2.49. The van der Waals surface area contributed by atoms with Gasteiger partial charge in [-0.15, -0.1) is 0 Å². The summed E-state index contributed by atoms with van der Waals surface area (Å²) in [4.78, 5) is 0. The number of rotatable bonds is 2. The van der Waals surface area contributed by atoms with E-state index in [4.69, 9.17) is 0 Å². The minimum Gasteiger partial charge on any atom is -0.0652 e. The molecular weight excluding hydrogens is 625 g/mol. The second-order valence-electron chi connectivity index (χ2n) is 14.8. The van der Waals surface area contributed by atoms with Crippen LogP contribution in [0, 0.1) is 10.8 Å². The average molecular weight is 657 g/mol. The van der Waals surface area contributed by atoms with Gasteiger partial charge in [-0.05, 0) is 125 Å². The van der Waals surface area contributed by atoms with Crippen LogP contribution in [0.1, 0.15) is 44.5 Å². The van der Waals surface area contributed by atoms with E-state index in [9.17, 15) is 0 Å². The van der Waals surface area contributed by atoms with Gasteiger partial charge in [-0.1, -0.05) is 170 Å². The quantitative estimate of drug-likeness (QED) is 0.201. The van der Waals surface area contributed by atoms with E-state index in [-0.39, 0.29) is 0 Å². The predicted molar refractivity (Wildman–Crippen MR) is 218 cm³/mol. The largest absolute Gasteiger partial charge is 0.0652 e. The van der Waals surface area contributed by atoms with Crippen molar-refractivity contribution in [1.82, 2.24) is 0 Å². The Bertz CT molecular complexity index is 2570. The van der Waals surface area contributed by atoms with Crippen LogP contribution in [0.15, 0.2) is 203 Å². The van der Waals surface area contributed by atoms with E-state index < -0.39 is 10.8 Å². The zero-order chi connectivity index (χ0) is 34.0. The standard InChI is InChI=1S/C52H32/c1-5-15-39-33(11-1)29-47-43(39)19-9-27-51(47)37(23-25-45-41-17-7-3-13-35(41)31-49(45)51)21-22-38-24-26-46-42-18-8-4-14-36(42)32-50(46)52(38)28-10-20-44-40-16-6-2-12-34(40)30-48(44)52/h1-32H/b22-21-. The monoisotopic (exact) mass is 656 g/mol. The maximum Gasteiger partial charge on any atom is 0.0647 e. The average Bonchev–Trinajstić information content (AvgIpc) is 3.97. The minimum absolute atomic E-state index is 0.425. The van der Waals surface area contributed by atoms with Crippen LogP contribution in [0.2, 0.25) is 0 Å². The van der Waals surface area contributed by atoms with Crippen molar-refractivity contribution in [1.29, 1.82) is 0 Å². The smallest absolute Gasteiger partial charge is 0.0647 e. The van der Waals surface area contributed by atoms with Crippen molar-refractivity contribution in [2.45, 2.75) is 0 Å². The van der Waals surface area contributed by atoms with Crippen LogP contribution in [0.3, 0.4) is 0 Å². The summed E-state index contributed by atoms with van der Waals surface area (Å²) in [7, 11) is 0. The molecule has 0 nitrogen and oxygen atoms in total. The van der Waals surface area contributed by atoms with Crippen molar-refractivity contribution >= 4 is 46.6 Å². The number of allylic oxidation sites excluding steroid dienone is 22. The molecule has 4 aromatic rings. The molecule has 8 aliphatic rings. The van der Waals surface area contributed by atoms with Gasteiger partial charge in [0.15, 0.2) is 0 Å². The van der Waals surface area contributed by atoms with Crippen LogP contribution < -0.4 is 0 Å². The molecule has 4 aromatic carbocycles. The van der Waals surface area contributed by atoms with Gasteiger partial charge in [0.2, 0.25) is 0 Å². The van der Waals surface area contributed by atoms with Crippen molar-refractivity contribution in [2.24, 2.45) is 10.8 Å². The van der Waals surface area contributed by atoms with Gasteiger partial charge in [0.05, 0.1) is 10.8 Å². The molecule has 2 unspecified atom stereocenters. The summed E-state index contributed by atoms with van der Waals surface area (Å²) >= 11 is 0. The Morgan fingerprint density at radius 2 is 0.635 bits per heavy atom. The summed E-state index contributed by atoms with van der Waals surface area (Å²) < 4.78 is 0. The Labute approximate surface area is 304 Å². The Morgan fingerprint density at radius 1 is 0.327 bits per heavy atom. The first-order chi connectivity index (χ1) is 25.7. The van der Waals surface area contributed by atoms with Crippen molar-refractivity contribution in [3.63, 3.8) is 0 Å². The molecule has 12 rings (SSSR count). The number of fused-ring (bicyclic) bond motifs is 16. The topological polar surface area (TPSA) is 0 Å². The lowest BCUT2D eigenvalue weighted by Crippen LogP contribution is -2.30. The Morgan fingerprint density at radius 3 is 0.981 bits per heavy atom. The minimum atomic E-state index is -0.425. The molecule has 0 radical (unpaired) electrons. The SMILES string of the molecule is C1=CC2(C(/C=C\C3=CC=C4C(=Cc5ccccc54)C34C=CC=C3C4=Cc4ccccc43)=CC=C3C2=Cc2ccccc23)C2=Cc3ccccc3C2=C1. The van der Waals surface area contributed by atoms with Crippen LogP contribution in [0.4, 0.5) is 0 Å². The molecule has 0 aliphatic heterocycles. The summed E-state index contributed by atoms with van der Waals surface area (Å²) in [6.07, 6.45) is 38.2. The molecule has 52 heavy (non-hydrogen) atoms. The molecule has 8 aliphatic carbocycles. The first-order valence-electron chi connectivity index (χ1n) is 18.3. The molecule has 0 amide bonds. The van der Waals surface area contributed by atoms with Crippen LogP contribution in [0.25, 0.3) is 46.6 Å². The summed E-state index contributed by atoms with van der Waals surface area (Å²) in [5.74, 6) is 0. The predicted octanol–water partition coefficient (Wildman–Crippen LogP) is 12.5. The summed E-state index contributed by atoms with van der Waals surface area (Å²) in [6, 6.07) is 35.4. The number of hydrogen-bond acceptors (Lipinski definition) is 0. The Hall–Kier alpha value is -6.50. The summed E-state index contributed by atoms with van der Waals surface area (Å²) in [5.41, 5.74) is 22.9. The molecule has 240 valence electrons. The first kappa shape index (κ1) is 28.2. The molecule has 0 N–H and O–H groups in total. The third-order valence-corrected chi connectivity index (χ3v) is 12.5. The molecule has 0 heteroatoms. The fourth-order valence-corrected chi connectivity index (χ4v) is 10.2. The van der Waals surface area contributed by atoms with E-state index in [1.165, 1.54) is 100 Å². The third kappa shape index (κ3) is 3.47. The van der Waals surface area contributed by atoms with Gasteiger partial charge in [0.1, 0.15) is 0 Å². The molecule has 0 heterocycles. The lowest BCUT2D eigenvalue weighted by atomic mass is 9.59. The van der Waals surface area contributed by atoms with E-state index >= 15 is 0 Å². The highest BCUT2D eigenvalue weighted by Crippen LogP contribution is 2.64. The maximum atomic E-state index is 2.45. The maximum absolute atomic E-state index is 2.45. The van der Waals surface area contributed by atoms with Crippen LogP contribution in [-0.4, -0.2) is 0 Å². The second kappa shape index (κ2) is 10.1. The fourth-order valence-electron chi connectivity index (χ4n) is 10.2. The van der Waals surface area contributed by atoms with Gasteiger partial charge >= 0.3 is 0 Å². The normalized spacial score (nSPS) is 24.5. The lowest BCUT2D eigenvalue weighted by molar-refractivity contribution is 0.705. The zero-order valence-electron chi connectivity index (χ0n) is 28.5. The summed E-state index contributed by atoms with van der Waals surface area (Å²) in [5, 5.41) is 0. The summed E-state index contributed by atoms with van der Waals surface area (Å²) in [6.45, 7) is 0. The number of hydrogen-bond donors (Lipinski definition) is 0. The fraction of sp³-hybridized carbons (Fsp3) is 0.0385. The molecule has 0 fully saturated rings. The highest BCUT2D eigenvalue weighted by molar-refractivity contribution is 6.08. The van der Waals surface area contributed by atoms with Gasteiger partial charge in [0.25, 0.3) is 0 Å². The van der Waals surface area contributed by atoms with Crippen molar-refractivity contribution in [2.75, 3.05) is 0 Å². The molecule has 0 bridgehead atoms. The first-order valence-corrected chi connectivity index (χ1v) is 18.3. The van der Waals surface area contributed by atoms with E-state index in [0.29, 0.717) is 0 Å². The molecular formula is C52H32. The van der Waals surface area contributed by atoms with Crippen LogP contribution in [-0.2, 0) is 0 Å². The van der Waals surface area contributed by atoms with Crippen LogP contribution in [0.5, 0.6) is 0 Å². The van der Waals surface area contributed by atoms with Gasteiger partial charge in [-0.25, -0.2) is 0 Å². The molecule has 0 saturated carbocycles. The lowest BCUT2D eigenvalue weighted by Gasteiger charge is -2.42. The van der Waals surface area contributed by atoms with Crippen molar-refractivity contribution < 1.29 is 0 Å². The zero-order valence-corrected chi connectivity index (χ0v) is 28.5. The van der Waals surface area contributed by atoms with E-state index in [2.05, 4.69) is 194 Å². The second-order valence-corrected chi connectivity index (χ2v) is 14.8. The van der Waals surface area contributed by atoms with Crippen molar-refractivity contribution in [3.8, 4) is 0 Å². The molecule has 0 aromatic heterocycles. The van der Waals surface area contributed by atoms with Crippen molar-refractivity contribution in [3.05, 3.63) is 248 Å². The highest BCUT2D eigenvalue weighted by atomic mass is 14.5.